The Morgan fingerprint density at radius 1 is 1.73 bits per heavy atom. The first-order valence-electron chi connectivity index (χ1n) is 4.07. The molecule has 0 aromatic heterocycles. The van der Waals surface area contributed by atoms with Crippen LogP contribution in [0.1, 0.15) is 26.7 Å². The summed E-state index contributed by atoms with van der Waals surface area (Å²) in [7, 11) is 0. The second-order valence-electron chi connectivity index (χ2n) is 3.93. The normalized spacial score (nSPS) is 29.3. The molecule has 1 heteroatoms. The lowest BCUT2D eigenvalue weighted by Crippen LogP contribution is -2.25. The highest BCUT2D eigenvalue weighted by atomic mass is 16.3. The zero-order valence-corrected chi connectivity index (χ0v) is 7.30. The zero-order valence-electron chi connectivity index (χ0n) is 7.30. The number of hydrogen-bond donors (Lipinski definition) is 1. The average Bonchev–Trinajstić information content (AvgIpc) is 1.94. The van der Waals surface area contributed by atoms with Crippen LogP contribution in [0.15, 0.2) is 24.5 Å². The minimum absolute atomic E-state index is 0.272. The molecule has 0 saturated heterocycles. The molecule has 0 fully saturated rings. The van der Waals surface area contributed by atoms with Gasteiger partial charge in [-0.2, -0.15) is 0 Å². The molecule has 0 amide bonds. The molecule has 0 bridgehead atoms. The summed E-state index contributed by atoms with van der Waals surface area (Å²) in [5.74, 6) is 0.946. The summed E-state index contributed by atoms with van der Waals surface area (Å²) in [6.45, 7) is 8.20. The fraction of sp³-hybridized carbons (Fsp3) is 0.600. The minimum Gasteiger partial charge on any atom is -0.513 e. The molecule has 0 aromatic rings. The Balaban J connectivity index is 2.79. The highest BCUT2D eigenvalue weighted by molar-refractivity contribution is 5.08. The molecule has 0 heterocycles. The van der Waals surface area contributed by atoms with Crippen molar-refractivity contribution in [3.63, 3.8) is 0 Å². The quantitative estimate of drug-likeness (QED) is 0.572. The van der Waals surface area contributed by atoms with Crippen LogP contribution in [-0.4, -0.2) is 5.11 Å². The third-order valence-corrected chi connectivity index (χ3v) is 2.58. The number of aliphatic hydroxyl groups excluding tert-OH is 1. The van der Waals surface area contributed by atoms with Crippen molar-refractivity contribution in [2.45, 2.75) is 26.7 Å². The predicted octanol–water partition coefficient (Wildman–Crippen LogP) is 3.05. The number of allylic oxidation sites excluding steroid dienone is 3. The molecule has 1 rings (SSSR count). The molecule has 1 aliphatic carbocycles. The van der Waals surface area contributed by atoms with Crippen molar-refractivity contribution in [3.8, 4) is 0 Å². The molecule has 1 atom stereocenters. The van der Waals surface area contributed by atoms with Crippen LogP contribution in [0, 0.1) is 11.3 Å². The van der Waals surface area contributed by atoms with Crippen molar-refractivity contribution < 1.29 is 5.11 Å². The van der Waals surface area contributed by atoms with E-state index in [9.17, 15) is 5.11 Å². The van der Waals surface area contributed by atoms with E-state index in [1.165, 1.54) is 0 Å². The molecule has 0 aliphatic heterocycles. The summed E-state index contributed by atoms with van der Waals surface area (Å²) < 4.78 is 0. The lowest BCUT2D eigenvalue weighted by atomic mass is 9.71. The van der Waals surface area contributed by atoms with Crippen molar-refractivity contribution in [1.82, 2.24) is 0 Å². The van der Waals surface area contributed by atoms with E-state index in [1.807, 2.05) is 12.2 Å². The molecule has 0 radical (unpaired) electrons. The van der Waals surface area contributed by atoms with Gasteiger partial charge in [0.1, 0.15) is 0 Å². The van der Waals surface area contributed by atoms with Gasteiger partial charge in [0.15, 0.2) is 0 Å². The van der Waals surface area contributed by atoms with Gasteiger partial charge >= 0.3 is 0 Å². The smallest absolute Gasteiger partial charge is 0.0889 e. The van der Waals surface area contributed by atoms with Gasteiger partial charge in [0.2, 0.25) is 0 Å². The Morgan fingerprint density at radius 2 is 2.36 bits per heavy atom. The summed E-state index contributed by atoms with van der Waals surface area (Å²) in [6, 6.07) is 0. The van der Waals surface area contributed by atoms with Crippen molar-refractivity contribution in [3.05, 3.63) is 24.5 Å². The van der Waals surface area contributed by atoms with Crippen molar-refractivity contribution >= 4 is 0 Å². The predicted molar refractivity (Wildman–Crippen MR) is 47.4 cm³/mol. The van der Waals surface area contributed by atoms with Gasteiger partial charge in [-0.25, -0.2) is 0 Å². The van der Waals surface area contributed by atoms with Gasteiger partial charge in [0.05, 0.1) is 5.76 Å². The van der Waals surface area contributed by atoms with E-state index in [1.54, 1.807) is 0 Å². The lowest BCUT2D eigenvalue weighted by Gasteiger charge is -2.34. The highest BCUT2D eigenvalue weighted by Gasteiger charge is 2.30. The van der Waals surface area contributed by atoms with Crippen LogP contribution in [0.2, 0.25) is 0 Å². The molecule has 1 unspecified atom stereocenters. The second-order valence-corrected chi connectivity index (χ2v) is 3.93. The molecule has 62 valence electrons. The average molecular weight is 152 g/mol. The minimum atomic E-state index is 0.272. The Bertz CT molecular complexity index is 189. The van der Waals surface area contributed by atoms with Gasteiger partial charge in [-0.3, -0.25) is 0 Å². The Morgan fingerprint density at radius 3 is 2.82 bits per heavy atom. The van der Waals surface area contributed by atoms with E-state index < -0.39 is 0 Å². The van der Waals surface area contributed by atoms with E-state index in [-0.39, 0.29) is 5.41 Å². The van der Waals surface area contributed by atoms with Crippen LogP contribution >= 0.6 is 0 Å². The second kappa shape index (κ2) is 2.72. The van der Waals surface area contributed by atoms with Crippen LogP contribution in [0.3, 0.4) is 0 Å². The maximum absolute atomic E-state index is 9.26. The molecule has 0 saturated carbocycles. The molecular formula is C10H16O. The monoisotopic (exact) mass is 152 g/mol. The van der Waals surface area contributed by atoms with Crippen molar-refractivity contribution in [1.29, 1.82) is 0 Å². The van der Waals surface area contributed by atoms with Crippen molar-refractivity contribution in [2.24, 2.45) is 11.3 Å². The maximum Gasteiger partial charge on any atom is 0.0889 e. The molecule has 1 nitrogen and oxygen atoms in total. The largest absolute Gasteiger partial charge is 0.513 e. The maximum atomic E-state index is 9.26. The highest BCUT2D eigenvalue weighted by Crippen LogP contribution is 2.39. The molecular weight excluding hydrogens is 136 g/mol. The Kier molecular flexibility index (Phi) is 2.08. The first-order valence-corrected chi connectivity index (χ1v) is 4.07. The summed E-state index contributed by atoms with van der Waals surface area (Å²) >= 11 is 0. The van der Waals surface area contributed by atoms with E-state index in [0.29, 0.717) is 11.7 Å². The third-order valence-electron chi connectivity index (χ3n) is 2.58. The fourth-order valence-corrected chi connectivity index (χ4v) is 1.52. The summed E-state index contributed by atoms with van der Waals surface area (Å²) in [5, 5.41) is 9.26. The van der Waals surface area contributed by atoms with E-state index in [2.05, 4.69) is 20.4 Å². The van der Waals surface area contributed by atoms with Gasteiger partial charge in [-0.15, -0.1) is 6.58 Å². The van der Waals surface area contributed by atoms with Gasteiger partial charge in [-0.05, 0) is 23.8 Å². The van der Waals surface area contributed by atoms with Crippen molar-refractivity contribution in [2.75, 3.05) is 0 Å². The van der Waals surface area contributed by atoms with Crippen LogP contribution in [-0.2, 0) is 0 Å². The van der Waals surface area contributed by atoms with E-state index in [4.69, 9.17) is 0 Å². The standard InChI is InChI=1S/C10H16O/c1-4-8-7-9(11)5-6-10(8,2)3/h4-5,8,11H,1,6-7H2,2-3H3. The van der Waals surface area contributed by atoms with Gasteiger partial charge in [0, 0.05) is 6.42 Å². The molecule has 1 N–H and O–H groups in total. The van der Waals surface area contributed by atoms with Gasteiger partial charge < -0.3 is 5.11 Å². The van der Waals surface area contributed by atoms with Crippen LogP contribution in [0.5, 0.6) is 0 Å². The number of aliphatic hydroxyl groups is 1. The van der Waals surface area contributed by atoms with Crippen LogP contribution < -0.4 is 0 Å². The van der Waals surface area contributed by atoms with Crippen LogP contribution in [0.25, 0.3) is 0 Å². The zero-order chi connectivity index (χ0) is 8.48. The summed E-state index contributed by atoms with van der Waals surface area (Å²) in [4.78, 5) is 0. The van der Waals surface area contributed by atoms with Crippen LogP contribution in [0.4, 0.5) is 0 Å². The topological polar surface area (TPSA) is 20.2 Å². The molecule has 0 spiro atoms. The first kappa shape index (κ1) is 8.38. The summed E-state index contributed by atoms with van der Waals surface area (Å²) in [6.07, 6.45) is 5.58. The fourth-order valence-electron chi connectivity index (χ4n) is 1.52. The lowest BCUT2D eigenvalue weighted by molar-refractivity contribution is 0.209. The summed E-state index contributed by atoms with van der Waals surface area (Å²) in [5.41, 5.74) is 0.272. The number of hydrogen-bond acceptors (Lipinski definition) is 1. The number of rotatable bonds is 1. The molecule has 11 heavy (non-hydrogen) atoms. The van der Waals surface area contributed by atoms with Gasteiger partial charge in [0.25, 0.3) is 0 Å². The first-order chi connectivity index (χ1) is 5.06. The Hall–Kier alpha value is -0.720. The van der Waals surface area contributed by atoms with E-state index in [0.717, 1.165) is 12.8 Å². The molecule has 0 aromatic carbocycles. The van der Waals surface area contributed by atoms with Gasteiger partial charge in [-0.1, -0.05) is 19.9 Å². The SMILES string of the molecule is C=CC1CC(O)=CCC1(C)C. The molecule has 1 aliphatic rings. The Labute approximate surface area is 68.4 Å². The third kappa shape index (κ3) is 1.65. The van der Waals surface area contributed by atoms with E-state index >= 15 is 0 Å².